The Morgan fingerprint density at radius 3 is 0.641 bits per heavy atom. The van der Waals surface area contributed by atoms with Crippen LogP contribution in [0, 0.1) is 93.1 Å². The third-order valence-corrected chi connectivity index (χ3v) is 19.2. The first kappa shape index (κ1) is 98.4. The van der Waals surface area contributed by atoms with Gasteiger partial charge in [0.2, 0.25) is 46.5 Å². The number of phenolic OH excluding ortho intramolecular Hbond substituents is 6. The molecule has 13 aromatic carbocycles. The Morgan fingerprint density at radius 1 is 0.222 bits per heavy atom. The molecular weight excluding hydrogens is 2180 g/mol. The van der Waals surface area contributed by atoms with E-state index in [9.17, 15) is 75.0 Å². The van der Waals surface area contributed by atoms with E-state index in [4.69, 9.17) is 112 Å². The maximum atomic E-state index is 13.4. The van der Waals surface area contributed by atoms with Crippen LogP contribution in [-0.4, -0.2) is 36.4 Å². The molecule has 0 unspecified atom stereocenters. The molecule has 7 nitrogen and oxygen atoms in total. The molecule has 13 aromatic rings. The van der Waals surface area contributed by atoms with E-state index in [2.05, 4.69) is 160 Å². The fourth-order valence-electron chi connectivity index (χ4n) is 9.37. The zero-order valence-electron chi connectivity index (χ0n) is 57.3. The summed E-state index contributed by atoms with van der Waals surface area (Å²) in [6.07, 6.45) is 0. The number of ketones is 1. The largest absolute Gasteiger partial charge is 0.508 e. The monoisotopic (exact) mass is 2210 g/mol. The van der Waals surface area contributed by atoms with Crippen LogP contribution < -0.4 is 0 Å². The number of carbonyl (C=O) groups excluding carboxylic acids is 1. The molecule has 0 aliphatic heterocycles. The third-order valence-electron chi connectivity index (χ3n) is 14.3. The highest BCUT2D eigenvalue weighted by Crippen LogP contribution is 2.40. The maximum Gasteiger partial charge on any atom is 0.200 e. The number of benzene rings is 13. The first-order valence-corrected chi connectivity index (χ1v) is 39.3. The van der Waals surface area contributed by atoms with Gasteiger partial charge in [-0.3, -0.25) is 4.79 Å². The lowest BCUT2D eigenvalue weighted by molar-refractivity contribution is 0.101. The van der Waals surface area contributed by atoms with Gasteiger partial charge in [0.25, 0.3) is 0 Å². The standard InChI is InChI=1S/C12H6Br4.C12H7Br3.C12H6Cl4.C12H7Cl3.C12F10.C8H8O4.C6F6.C6H6O3/c13-9-1-7(2-10(14)5-9)8-3-11(15)6-12(16)4-8;13-10-3-1-8(2-4-10)9-5-11(14)7-12(15)6-9;13-9-1-7(2-10(14)5-9)8-3-11(15)6-12(16)4-8;13-10-3-1-8(2-4-10)9-5-11(14)7-12(15)6-9;13-3-1(4(14)8(18)11(21)7(3)17)2-5(15)9(19)12(22)10(20)6(2)16;1-4(9)8-6(11)2-5(10)3-7(8)12;7-1-2(8)4(10)6(12)5(11)3(1)9;7-4-1-5(8)3-6(9)2-4/h1-6H;1-7H;1-6H;1-7H;;2-3,10-12H,1H3;;1-3,7-9H. The molecule has 0 atom stereocenters. The molecule has 13 rings (SSSR count). The van der Waals surface area contributed by atoms with E-state index < -0.39 is 121 Å². The van der Waals surface area contributed by atoms with Gasteiger partial charge in [-0.25, -0.2) is 70.2 Å². The van der Waals surface area contributed by atoms with Gasteiger partial charge in [-0.15, -0.1) is 0 Å². The number of carbonyl (C=O) groups is 1. The summed E-state index contributed by atoms with van der Waals surface area (Å²) in [6, 6.07) is 56.0. The van der Waals surface area contributed by atoms with E-state index in [0.29, 0.717) is 35.2 Å². The highest BCUT2D eigenvalue weighted by atomic mass is 79.9. The molecule has 0 saturated heterocycles. The topological polar surface area (TPSA) is 138 Å². The molecule has 0 aromatic heterocycles. The Bertz CT molecular complexity index is 5120. The highest BCUT2D eigenvalue weighted by Gasteiger charge is 2.35. The van der Waals surface area contributed by atoms with Crippen LogP contribution in [0.3, 0.4) is 0 Å². The van der Waals surface area contributed by atoms with Crippen LogP contribution in [0.15, 0.2) is 219 Å². The summed E-state index contributed by atoms with van der Waals surface area (Å²) in [4.78, 5) is 10.8. The van der Waals surface area contributed by atoms with Crippen molar-refractivity contribution in [3.05, 3.63) is 353 Å². The zero-order chi connectivity index (χ0) is 87.6. The molecule has 0 aliphatic rings. The van der Waals surface area contributed by atoms with Crippen LogP contribution in [0.4, 0.5) is 70.2 Å². The lowest BCUT2D eigenvalue weighted by Gasteiger charge is -2.11. The molecule has 612 valence electrons. The number of Topliss-reactive ketones (excluding diaryl/α,β-unsaturated/α-hetero) is 1. The first-order chi connectivity index (χ1) is 54.7. The summed E-state index contributed by atoms with van der Waals surface area (Å²) < 4.78 is 211. The van der Waals surface area contributed by atoms with Crippen LogP contribution in [0.1, 0.15) is 17.3 Å². The van der Waals surface area contributed by atoms with Gasteiger partial charge in [-0.2, -0.15) is 0 Å². The molecular formula is C80H40Br7Cl7F16O7. The fourth-order valence-corrected chi connectivity index (χ4v) is 15.2. The predicted octanol–water partition coefficient (Wildman–Crippen LogP) is 32.4. The van der Waals surface area contributed by atoms with Gasteiger partial charge in [0.05, 0.1) is 11.1 Å². The molecule has 0 saturated carbocycles. The second-order valence-corrected chi connectivity index (χ2v) is 32.3. The number of hydrogen-bond acceptors (Lipinski definition) is 7. The molecule has 0 spiro atoms. The fraction of sp³-hybridized carbons (Fsp3) is 0.0125. The summed E-state index contributed by atoms with van der Waals surface area (Å²) >= 11 is 65.7. The van der Waals surface area contributed by atoms with E-state index in [-0.39, 0.29) is 28.6 Å². The summed E-state index contributed by atoms with van der Waals surface area (Å²) in [5.74, 6) is -42.9. The quantitative estimate of drug-likeness (QED) is 0.0422. The van der Waals surface area contributed by atoms with Gasteiger partial charge < -0.3 is 30.6 Å². The normalized spacial score (nSPS) is 10.4. The van der Waals surface area contributed by atoms with E-state index in [1.54, 1.807) is 18.2 Å². The summed E-state index contributed by atoms with van der Waals surface area (Å²) in [7, 11) is 0. The van der Waals surface area contributed by atoms with Crippen LogP contribution in [0.25, 0.3) is 55.6 Å². The number of halogens is 30. The minimum atomic E-state index is -2.68. The van der Waals surface area contributed by atoms with Crippen molar-refractivity contribution in [3.8, 4) is 90.1 Å². The Balaban J connectivity index is 0.000000210. The maximum absolute atomic E-state index is 13.4. The van der Waals surface area contributed by atoms with E-state index >= 15 is 0 Å². The minimum absolute atomic E-state index is 0.146. The Hall–Kier alpha value is -7.40. The number of hydrogen-bond donors (Lipinski definition) is 6. The van der Waals surface area contributed by atoms with Gasteiger partial charge in [0, 0.05) is 96.8 Å². The van der Waals surface area contributed by atoms with Crippen LogP contribution >= 0.6 is 193 Å². The Kier molecular flexibility index (Phi) is 37.7. The molecule has 0 radical (unpaired) electrons. The Morgan fingerprint density at radius 2 is 0.410 bits per heavy atom. The van der Waals surface area contributed by atoms with Gasteiger partial charge in [0.1, 0.15) is 40.1 Å². The number of phenols is 6. The van der Waals surface area contributed by atoms with Crippen LogP contribution in [0.2, 0.25) is 35.2 Å². The second-order valence-electron chi connectivity index (χ2n) is 22.9. The van der Waals surface area contributed by atoms with Crippen molar-refractivity contribution >= 4 is 198 Å². The molecule has 0 aliphatic carbocycles. The number of aromatic hydroxyl groups is 6. The summed E-state index contributed by atoms with van der Waals surface area (Å²) in [5.41, 5.74) is 3.87. The van der Waals surface area contributed by atoms with Crippen LogP contribution in [-0.2, 0) is 0 Å². The van der Waals surface area contributed by atoms with Crippen molar-refractivity contribution in [1.82, 2.24) is 0 Å². The van der Waals surface area contributed by atoms with Crippen molar-refractivity contribution in [1.29, 1.82) is 0 Å². The van der Waals surface area contributed by atoms with E-state index in [1.165, 1.54) is 29.2 Å². The second kappa shape index (κ2) is 44.8. The van der Waals surface area contributed by atoms with Gasteiger partial charge in [-0.05, 0) is 185 Å². The molecule has 0 amide bonds. The summed E-state index contributed by atoms with van der Waals surface area (Å²) in [6.45, 7) is 1.21. The molecule has 0 bridgehead atoms. The molecule has 6 N–H and O–H groups in total. The molecule has 117 heavy (non-hydrogen) atoms. The summed E-state index contributed by atoms with van der Waals surface area (Å²) in [5, 5.41) is 57.4. The highest BCUT2D eigenvalue weighted by molar-refractivity contribution is 9.12. The average molecular weight is 2220 g/mol. The van der Waals surface area contributed by atoms with Crippen molar-refractivity contribution in [2.75, 3.05) is 0 Å². The van der Waals surface area contributed by atoms with E-state index in [1.807, 2.05) is 91.0 Å². The van der Waals surface area contributed by atoms with Crippen molar-refractivity contribution < 1.29 is 106 Å². The zero-order valence-corrected chi connectivity index (χ0v) is 73.7. The predicted molar refractivity (Wildman–Crippen MR) is 447 cm³/mol. The van der Waals surface area contributed by atoms with Crippen LogP contribution in [0.5, 0.6) is 34.5 Å². The smallest absolute Gasteiger partial charge is 0.200 e. The average Bonchev–Trinajstić information content (AvgIpc) is 0.752. The van der Waals surface area contributed by atoms with Gasteiger partial charge in [0.15, 0.2) is 52.3 Å². The number of rotatable bonds is 6. The van der Waals surface area contributed by atoms with Gasteiger partial charge in [-0.1, -0.05) is 217 Å². The third kappa shape index (κ3) is 28.4. The molecule has 0 fully saturated rings. The lowest BCUT2D eigenvalue weighted by atomic mass is 10.0. The van der Waals surface area contributed by atoms with Crippen molar-refractivity contribution in [2.24, 2.45) is 0 Å². The molecule has 0 heterocycles. The lowest BCUT2D eigenvalue weighted by Crippen LogP contribution is -2.10. The van der Waals surface area contributed by atoms with E-state index in [0.717, 1.165) is 83.9 Å². The minimum Gasteiger partial charge on any atom is -0.508 e. The Labute approximate surface area is 747 Å². The van der Waals surface area contributed by atoms with Crippen molar-refractivity contribution in [3.63, 3.8) is 0 Å². The first-order valence-electron chi connectivity index (χ1n) is 31.1. The van der Waals surface area contributed by atoms with Crippen molar-refractivity contribution in [2.45, 2.75) is 6.92 Å². The van der Waals surface area contributed by atoms with Gasteiger partial charge >= 0.3 is 0 Å². The molecule has 37 heteroatoms. The SMILES string of the molecule is Brc1cc(Br)cc(-c2cc(Br)cc(Br)c2)c1.Brc1ccc(-c2cc(Br)cc(Br)c2)cc1.CC(=O)c1c(O)cc(O)cc1O.Clc1cc(Cl)cc(-c2cc(Cl)cc(Cl)c2)c1.Clc1ccc(-c2cc(Cl)cc(Cl)c2)cc1.Fc1c(F)c(F)c(-c2c(F)c(F)c(F)c(F)c2F)c(F)c1F.Fc1c(F)c(F)c(F)c(F)c1F.Oc1cc(O)cc(O)c1.